The highest BCUT2D eigenvalue weighted by atomic mass is 127. The predicted octanol–water partition coefficient (Wildman–Crippen LogP) is 4.50. The van der Waals surface area contributed by atoms with Crippen LogP contribution in [0.1, 0.15) is 28.8 Å². The van der Waals surface area contributed by atoms with Crippen molar-refractivity contribution in [2.45, 2.75) is 19.3 Å². The Balaban J connectivity index is 1.86. The maximum Gasteiger partial charge on any atom is 0.162 e. The Labute approximate surface area is 121 Å². The fraction of sp³-hybridized carbons (Fsp3) is 0.188. The lowest BCUT2D eigenvalue weighted by atomic mass is 10.0. The van der Waals surface area contributed by atoms with Crippen molar-refractivity contribution in [2.24, 2.45) is 0 Å². The maximum atomic E-state index is 12.0. The summed E-state index contributed by atoms with van der Waals surface area (Å²) in [5, 5.41) is 0. The van der Waals surface area contributed by atoms with E-state index >= 15 is 0 Å². The molecule has 0 aliphatic carbocycles. The quantitative estimate of drug-likeness (QED) is 0.573. The van der Waals surface area contributed by atoms with E-state index in [1.165, 1.54) is 5.56 Å². The van der Waals surface area contributed by atoms with Crippen molar-refractivity contribution in [3.8, 4) is 0 Å². The molecule has 0 radical (unpaired) electrons. The van der Waals surface area contributed by atoms with Crippen LogP contribution in [0, 0.1) is 3.57 Å². The summed E-state index contributed by atoms with van der Waals surface area (Å²) in [6.45, 7) is 0. The minimum Gasteiger partial charge on any atom is -0.294 e. The van der Waals surface area contributed by atoms with Crippen molar-refractivity contribution < 1.29 is 4.79 Å². The second kappa shape index (κ2) is 6.69. The number of halogens is 1. The summed E-state index contributed by atoms with van der Waals surface area (Å²) in [6.07, 6.45) is 2.50. The van der Waals surface area contributed by atoms with E-state index < -0.39 is 0 Å². The molecule has 0 atom stereocenters. The topological polar surface area (TPSA) is 17.1 Å². The van der Waals surface area contributed by atoms with Gasteiger partial charge in [-0.3, -0.25) is 4.79 Å². The summed E-state index contributed by atoms with van der Waals surface area (Å²) in [7, 11) is 0. The standard InChI is InChI=1S/C16H15IO/c17-15-10-5-9-14(12-15)16(18)11-4-8-13-6-2-1-3-7-13/h1-3,5-7,9-10,12H,4,8,11H2. The number of benzene rings is 2. The Bertz CT molecular complexity index is 520. The highest BCUT2D eigenvalue weighted by molar-refractivity contribution is 14.1. The summed E-state index contributed by atoms with van der Waals surface area (Å²) < 4.78 is 1.11. The molecule has 1 nitrogen and oxygen atoms in total. The van der Waals surface area contributed by atoms with Crippen molar-refractivity contribution in [1.82, 2.24) is 0 Å². The molecule has 0 bridgehead atoms. The van der Waals surface area contributed by atoms with Crippen molar-refractivity contribution in [3.63, 3.8) is 0 Å². The molecule has 2 heteroatoms. The highest BCUT2D eigenvalue weighted by Crippen LogP contribution is 2.12. The third-order valence-corrected chi connectivity index (χ3v) is 3.53. The molecule has 0 aromatic heterocycles. The SMILES string of the molecule is O=C(CCCc1ccccc1)c1cccc(I)c1. The van der Waals surface area contributed by atoms with Crippen LogP contribution in [0.4, 0.5) is 0 Å². The summed E-state index contributed by atoms with van der Waals surface area (Å²) in [5.74, 6) is 0.240. The van der Waals surface area contributed by atoms with E-state index in [1.807, 2.05) is 42.5 Å². The van der Waals surface area contributed by atoms with Crippen LogP contribution in [0.15, 0.2) is 54.6 Å². The predicted molar refractivity (Wildman–Crippen MR) is 82.9 cm³/mol. The molecule has 0 fully saturated rings. The third kappa shape index (κ3) is 3.95. The Morgan fingerprint density at radius 3 is 2.50 bits per heavy atom. The van der Waals surface area contributed by atoms with Gasteiger partial charge in [0.15, 0.2) is 5.78 Å². The Morgan fingerprint density at radius 1 is 1.00 bits per heavy atom. The number of aryl methyl sites for hydroxylation is 1. The third-order valence-electron chi connectivity index (χ3n) is 2.86. The molecule has 0 unspecified atom stereocenters. The molecule has 2 rings (SSSR count). The molecule has 0 heterocycles. The van der Waals surface area contributed by atoms with Crippen LogP contribution < -0.4 is 0 Å². The molecule has 0 saturated heterocycles. The number of carbonyl (C=O) groups is 1. The molecule has 0 amide bonds. The van der Waals surface area contributed by atoms with Gasteiger partial charge in [0.05, 0.1) is 0 Å². The first-order chi connectivity index (χ1) is 8.75. The second-order valence-electron chi connectivity index (χ2n) is 4.27. The van der Waals surface area contributed by atoms with Gasteiger partial charge < -0.3 is 0 Å². The van der Waals surface area contributed by atoms with Gasteiger partial charge in [-0.05, 0) is 53.1 Å². The summed E-state index contributed by atoms with van der Waals surface area (Å²) >= 11 is 2.23. The van der Waals surface area contributed by atoms with E-state index in [9.17, 15) is 4.79 Å². The van der Waals surface area contributed by atoms with E-state index in [0.29, 0.717) is 6.42 Å². The van der Waals surface area contributed by atoms with E-state index in [-0.39, 0.29) is 5.78 Å². The van der Waals surface area contributed by atoms with E-state index in [0.717, 1.165) is 22.0 Å². The van der Waals surface area contributed by atoms with E-state index in [2.05, 4.69) is 34.7 Å². The normalized spacial score (nSPS) is 10.3. The largest absolute Gasteiger partial charge is 0.294 e. The van der Waals surface area contributed by atoms with Gasteiger partial charge in [0.25, 0.3) is 0 Å². The Hall–Kier alpha value is -1.16. The van der Waals surface area contributed by atoms with Crippen LogP contribution in [0.3, 0.4) is 0 Å². The van der Waals surface area contributed by atoms with Crippen molar-refractivity contribution in [1.29, 1.82) is 0 Å². The van der Waals surface area contributed by atoms with Gasteiger partial charge in [-0.25, -0.2) is 0 Å². The van der Waals surface area contributed by atoms with Crippen LogP contribution in [0.25, 0.3) is 0 Å². The first-order valence-corrected chi connectivity index (χ1v) is 7.16. The lowest BCUT2D eigenvalue weighted by Crippen LogP contribution is -2.00. The monoisotopic (exact) mass is 350 g/mol. The van der Waals surface area contributed by atoms with Crippen LogP contribution in [-0.2, 0) is 6.42 Å². The second-order valence-corrected chi connectivity index (χ2v) is 5.52. The van der Waals surface area contributed by atoms with Crippen LogP contribution in [0.2, 0.25) is 0 Å². The van der Waals surface area contributed by atoms with Crippen LogP contribution in [0.5, 0.6) is 0 Å². The van der Waals surface area contributed by atoms with Gasteiger partial charge >= 0.3 is 0 Å². The van der Waals surface area contributed by atoms with Gasteiger partial charge in [-0.2, -0.15) is 0 Å². The number of ketones is 1. The number of hydrogen-bond donors (Lipinski definition) is 0. The fourth-order valence-corrected chi connectivity index (χ4v) is 2.45. The van der Waals surface area contributed by atoms with Crippen molar-refractivity contribution in [2.75, 3.05) is 0 Å². The zero-order valence-electron chi connectivity index (χ0n) is 10.1. The first kappa shape index (κ1) is 13.3. The fourth-order valence-electron chi connectivity index (χ4n) is 1.90. The lowest BCUT2D eigenvalue weighted by Gasteiger charge is -2.02. The summed E-state index contributed by atoms with van der Waals surface area (Å²) in [6, 6.07) is 18.1. The molecular weight excluding hydrogens is 335 g/mol. The zero-order chi connectivity index (χ0) is 12.8. The zero-order valence-corrected chi connectivity index (χ0v) is 12.3. The van der Waals surface area contributed by atoms with Crippen molar-refractivity contribution >= 4 is 28.4 Å². The van der Waals surface area contributed by atoms with Gasteiger partial charge in [0.1, 0.15) is 0 Å². The van der Waals surface area contributed by atoms with E-state index in [1.54, 1.807) is 0 Å². The smallest absolute Gasteiger partial charge is 0.162 e. The Morgan fingerprint density at radius 2 is 1.78 bits per heavy atom. The molecule has 0 saturated carbocycles. The number of Topliss-reactive ketones (excluding diaryl/α,β-unsaturated/α-hetero) is 1. The van der Waals surface area contributed by atoms with Gasteiger partial charge in [-0.15, -0.1) is 0 Å². The average Bonchev–Trinajstić information content (AvgIpc) is 2.40. The number of rotatable bonds is 5. The molecule has 2 aromatic rings. The lowest BCUT2D eigenvalue weighted by molar-refractivity contribution is 0.0980. The Kier molecular flexibility index (Phi) is 4.93. The molecule has 0 aliphatic rings. The molecule has 2 aromatic carbocycles. The number of hydrogen-bond acceptors (Lipinski definition) is 1. The summed E-state index contributed by atoms with van der Waals surface area (Å²) in [5.41, 5.74) is 2.13. The highest BCUT2D eigenvalue weighted by Gasteiger charge is 2.05. The molecule has 18 heavy (non-hydrogen) atoms. The first-order valence-electron chi connectivity index (χ1n) is 6.08. The van der Waals surface area contributed by atoms with Crippen molar-refractivity contribution in [3.05, 3.63) is 69.3 Å². The van der Waals surface area contributed by atoms with Crippen LogP contribution >= 0.6 is 22.6 Å². The molecule has 0 N–H and O–H groups in total. The number of carbonyl (C=O) groups excluding carboxylic acids is 1. The average molecular weight is 350 g/mol. The van der Waals surface area contributed by atoms with Gasteiger partial charge in [-0.1, -0.05) is 42.5 Å². The summed E-state index contributed by atoms with van der Waals surface area (Å²) in [4.78, 5) is 12.0. The molecule has 92 valence electrons. The minimum atomic E-state index is 0.240. The van der Waals surface area contributed by atoms with Gasteiger partial charge in [0, 0.05) is 15.6 Å². The van der Waals surface area contributed by atoms with Crippen LogP contribution in [-0.4, -0.2) is 5.78 Å². The minimum absolute atomic E-state index is 0.240. The molecule has 0 aliphatic heterocycles. The molecule has 0 spiro atoms. The maximum absolute atomic E-state index is 12.0. The van der Waals surface area contributed by atoms with Gasteiger partial charge in [0.2, 0.25) is 0 Å². The van der Waals surface area contributed by atoms with E-state index in [4.69, 9.17) is 0 Å². The molecular formula is C16H15IO.